The third-order valence-electron chi connectivity index (χ3n) is 2.34. The third kappa shape index (κ3) is 1.88. The first kappa shape index (κ1) is 10.6. The van der Waals surface area contributed by atoms with Gasteiger partial charge in [-0.15, -0.1) is 0 Å². The van der Waals surface area contributed by atoms with Crippen molar-refractivity contribution in [3.8, 4) is 11.4 Å². The Kier molecular flexibility index (Phi) is 2.60. The van der Waals surface area contributed by atoms with Crippen molar-refractivity contribution in [1.82, 2.24) is 19.7 Å². The molecule has 0 unspecified atom stereocenters. The summed E-state index contributed by atoms with van der Waals surface area (Å²) in [7, 11) is 1.88. The highest BCUT2D eigenvalue weighted by atomic mass is 15.3. The van der Waals surface area contributed by atoms with Crippen molar-refractivity contribution in [2.75, 3.05) is 5.73 Å². The van der Waals surface area contributed by atoms with Crippen LogP contribution < -0.4 is 5.73 Å². The zero-order valence-electron chi connectivity index (χ0n) is 9.68. The number of aromatic nitrogens is 4. The van der Waals surface area contributed by atoms with Crippen molar-refractivity contribution in [2.24, 2.45) is 7.05 Å². The summed E-state index contributed by atoms with van der Waals surface area (Å²) < 4.78 is 1.77. The Balaban J connectivity index is 2.48. The molecule has 0 aliphatic carbocycles. The average Bonchev–Trinajstić information content (AvgIpc) is 2.60. The fraction of sp³-hybridized carbons (Fsp3) is 0.364. The third-order valence-corrected chi connectivity index (χ3v) is 2.34. The maximum absolute atomic E-state index is 5.64. The first-order chi connectivity index (χ1) is 7.58. The van der Waals surface area contributed by atoms with Gasteiger partial charge < -0.3 is 5.73 Å². The number of nitrogens with two attached hydrogens (primary N) is 1. The zero-order chi connectivity index (χ0) is 11.7. The highest BCUT2D eigenvalue weighted by Gasteiger charge is 2.11. The van der Waals surface area contributed by atoms with Crippen LogP contribution in [0.25, 0.3) is 11.4 Å². The molecule has 5 nitrogen and oxygen atoms in total. The monoisotopic (exact) mass is 217 g/mol. The highest BCUT2D eigenvalue weighted by Crippen LogP contribution is 2.20. The minimum absolute atomic E-state index is 0.319. The molecular weight excluding hydrogens is 202 g/mol. The molecule has 84 valence electrons. The van der Waals surface area contributed by atoms with E-state index < -0.39 is 0 Å². The van der Waals surface area contributed by atoms with Gasteiger partial charge in [0.1, 0.15) is 5.82 Å². The molecule has 2 rings (SSSR count). The lowest BCUT2D eigenvalue weighted by Gasteiger charge is -1.99. The summed E-state index contributed by atoms with van der Waals surface area (Å²) in [5, 5.41) is 4.36. The van der Waals surface area contributed by atoms with Crippen LogP contribution in [-0.2, 0) is 7.05 Å². The molecule has 0 aliphatic rings. The summed E-state index contributed by atoms with van der Waals surface area (Å²) in [5.74, 6) is 2.47. The molecule has 0 fully saturated rings. The Bertz CT molecular complexity index is 501. The summed E-state index contributed by atoms with van der Waals surface area (Å²) in [6.45, 7) is 4.14. The molecule has 2 aromatic rings. The molecule has 2 heterocycles. The van der Waals surface area contributed by atoms with E-state index >= 15 is 0 Å². The molecule has 16 heavy (non-hydrogen) atoms. The lowest BCUT2D eigenvalue weighted by molar-refractivity contribution is 0.712. The molecule has 0 amide bonds. The van der Waals surface area contributed by atoms with E-state index in [1.807, 2.05) is 13.1 Å². The number of pyridine rings is 1. The van der Waals surface area contributed by atoms with Gasteiger partial charge in [0.25, 0.3) is 0 Å². The van der Waals surface area contributed by atoms with Gasteiger partial charge in [-0.3, -0.25) is 0 Å². The summed E-state index contributed by atoms with van der Waals surface area (Å²) in [6, 6.07) is 3.68. The van der Waals surface area contributed by atoms with Crippen LogP contribution in [0.1, 0.15) is 25.6 Å². The van der Waals surface area contributed by atoms with Crippen molar-refractivity contribution < 1.29 is 0 Å². The largest absolute Gasteiger partial charge is 0.384 e. The van der Waals surface area contributed by atoms with Gasteiger partial charge in [-0.2, -0.15) is 5.10 Å². The molecular formula is C11H15N5. The number of aryl methyl sites for hydroxylation is 1. The lowest BCUT2D eigenvalue weighted by atomic mass is 10.2. The van der Waals surface area contributed by atoms with Gasteiger partial charge in [0.15, 0.2) is 11.6 Å². The fourth-order valence-electron chi connectivity index (χ4n) is 1.49. The van der Waals surface area contributed by atoms with Gasteiger partial charge in [0, 0.05) is 24.7 Å². The fourth-order valence-corrected chi connectivity index (χ4v) is 1.49. The second-order valence-corrected chi connectivity index (χ2v) is 4.04. The standard InChI is InChI=1S/C11H15N5/c1-7(2)10-14-11(16(3)15-10)8-4-5-13-9(12)6-8/h4-7H,1-3H3,(H2,12,13). The van der Waals surface area contributed by atoms with Crippen molar-refractivity contribution in [2.45, 2.75) is 19.8 Å². The Morgan fingerprint density at radius 2 is 2.12 bits per heavy atom. The molecule has 0 bridgehead atoms. The van der Waals surface area contributed by atoms with Crippen molar-refractivity contribution in [3.63, 3.8) is 0 Å². The molecule has 5 heteroatoms. The quantitative estimate of drug-likeness (QED) is 0.829. The van der Waals surface area contributed by atoms with Crippen LogP contribution in [0.2, 0.25) is 0 Å². The maximum Gasteiger partial charge on any atom is 0.158 e. The van der Waals surface area contributed by atoms with E-state index in [4.69, 9.17) is 5.73 Å². The molecule has 0 saturated carbocycles. The van der Waals surface area contributed by atoms with E-state index in [0.29, 0.717) is 11.7 Å². The predicted octanol–water partition coefficient (Wildman–Crippen LogP) is 1.58. The highest BCUT2D eigenvalue weighted by molar-refractivity contribution is 5.58. The van der Waals surface area contributed by atoms with E-state index in [-0.39, 0.29) is 0 Å². The van der Waals surface area contributed by atoms with Gasteiger partial charge in [0.2, 0.25) is 0 Å². The van der Waals surface area contributed by atoms with Gasteiger partial charge in [0.05, 0.1) is 0 Å². The van der Waals surface area contributed by atoms with Gasteiger partial charge in [-0.05, 0) is 12.1 Å². The molecule has 0 atom stereocenters. The van der Waals surface area contributed by atoms with E-state index in [9.17, 15) is 0 Å². The second kappa shape index (κ2) is 3.92. The van der Waals surface area contributed by atoms with Crippen molar-refractivity contribution in [1.29, 1.82) is 0 Å². The number of rotatable bonds is 2. The van der Waals surface area contributed by atoms with Crippen LogP contribution >= 0.6 is 0 Å². The molecule has 2 aromatic heterocycles. The summed E-state index contributed by atoms with van der Waals surface area (Å²) >= 11 is 0. The number of nitrogens with zero attached hydrogens (tertiary/aromatic N) is 4. The number of anilines is 1. The molecule has 0 spiro atoms. The van der Waals surface area contributed by atoms with E-state index in [1.54, 1.807) is 16.9 Å². The molecule has 0 saturated heterocycles. The smallest absolute Gasteiger partial charge is 0.158 e. The van der Waals surface area contributed by atoms with E-state index in [2.05, 4.69) is 28.9 Å². The summed E-state index contributed by atoms with van der Waals surface area (Å²) in [4.78, 5) is 8.45. The summed E-state index contributed by atoms with van der Waals surface area (Å²) in [6.07, 6.45) is 1.67. The van der Waals surface area contributed by atoms with Crippen LogP contribution in [0.5, 0.6) is 0 Å². The average molecular weight is 217 g/mol. The Hall–Kier alpha value is -1.91. The van der Waals surface area contributed by atoms with Gasteiger partial charge in [-0.1, -0.05) is 13.8 Å². The lowest BCUT2D eigenvalue weighted by Crippen LogP contribution is -1.96. The van der Waals surface area contributed by atoms with Gasteiger partial charge in [-0.25, -0.2) is 14.6 Å². The predicted molar refractivity (Wildman–Crippen MR) is 62.7 cm³/mol. The zero-order valence-corrected chi connectivity index (χ0v) is 9.68. The van der Waals surface area contributed by atoms with Crippen molar-refractivity contribution in [3.05, 3.63) is 24.2 Å². The molecule has 0 radical (unpaired) electrons. The number of hydrogen-bond acceptors (Lipinski definition) is 4. The van der Waals surface area contributed by atoms with Crippen LogP contribution in [0.4, 0.5) is 5.82 Å². The molecule has 0 aliphatic heterocycles. The topological polar surface area (TPSA) is 69.6 Å². The Morgan fingerprint density at radius 1 is 1.38 bits per heavy atom. The minimum Gasteiger partial charge on any atom is -0.384 e. The first-order valence-electron chi connectivity index (χ1n) is 5.20. The first-order valence-corrected chi connectivity index (χ1v) is 5.20. The number of hydrogen-bond donors (Lipinski definition) is 1. The van der Waals surface area contributed by atoms with Crippen LogP contribution in [0.3, 0.4) is 0 Å². The van der Waals surface area contributed by atoms with Crippen LogP contribution in [0.15, 0.2) is 18.3 Å². The molecule has 2 N–H and O–H groups in total. The Labute approximate surface area is 94.3 Å². The number of nitrogen functional groups attached to an aromatic ring is 1. The molecule has 0 aromatic carbocycles. The van der Waals surface area contributed by atoms with Gasteiger partial charge >= 0.3 is 0 Å². The van der Waals surface area contributed by atoms with E-state index in [0.717, 1.165) is 17.2 Å². The van der Waals surface area contributed by atoms with Crippen molar-refractivity contribution >= 4 is 5.82 Å². The normalized spacial score (nSPS) is 11.0. The van der Waals surface area contributed by atoms with Crippen LogP contribution in [0, 0.1) is 0 Å². The van der Waals surface area contributed by atoms with Crippen LogP contribution in [-0.4, -0.2) is 19.7 Å². The Morgan fingerprint density at radius 3 is 2.69 bits per heavy atom. The summed E-state index contributed by atoms with van der Waals surface area (Å²) in [5.41, 5.74) is 6.58. The maximum atomic E-state index is 5.64. The second-order valence-electron chi connectivity index (χ2n) is 4.04. The minimum atomic E-state index is 0.319. The van der Waals surface area contributed by atoms with E-state index in [1.165, 1.54) is 0 Å². The SMILES string of the molecule is CC(C)c1nc(-c2ccnc(N)c2)n(C)n1.